The van der Waals surface area contributed by atoms with Gasteiger partial charge in [-0.25, -0.2) is 0 Å². The molecule has 0 amide bonds. The number of nitriles is 1. The van der Waals surface area contributed by atoms with Crippen LogP contribution in [0, 0.1) is 11.3 Å². The number of nitrogens with zero attached hydrogens (tertiary/aromatic N) is 2. The first kappa shape index (κ1) is 17.4. The molecule has 124 valence electrons. The van der Waals surface area contributed by atoms with Crippen LogP contribution in [0.3, 0.4) is 0 Å². The molecule has 0 unspecified atom stereocenters. The zero-order valence-electron chi connectivity index (χ0n) is 14.1. The Hall–Kier alpha value is -3.00. The Morgan fingerprint density at radius 2 is 1.83 bits per heavy atom. The van der Waals surface area contributed by atoms with Crippen molar-refractivity contribution in [3.8, 4) is 17.6 Å². The normalized spacial score (nSPS) is 9.92. The van der Waals surface area contributed by atoms with Gasteiger partial charge in [-0.05, 0) is 36.2 Å². The van der Waals surface area contributed by atoms with Gasteiger partial charge in [-0.2, -0.15) is 5.26 Å². The molecule has 0 fully saturated rings. The van der Waals surface area contributed by atoms with Gasteiger partial charge in [0.05, 0.1) is 18.7 Å². The van der Waals surface area contributed by atoms with E-state index in [0.29, 0.717) is 23.5 Å². The maximum atomic E-state index is 12.0. The lowest BCUT2D eigenvalue weighted by Gasteiger charge is -2.12. The summed E-state index contributed by atoms with van der Waals surface area (Å²) in [6.45, 7) is 0. The molecule has 0 aromatic heterocycles. The first-order valence-corrected chi connectivity index (χ1v) is 7.58. The average molecular weight is 324 g/mol. The molecule has 0 aliphatic heterocycles. The number of anilines is 1. The number of benzene rings is 2. The SMILES string of the molecule is COc1cc(C#N)ccc1OC(=O)CCc1ccc(N(C)C)cc1. The standard InChI is InChI=1S/C19H20N2O3/c1-21(2)16-8-4-14(5-9-16)7-11-19(22)24-17-10-6-15(13-20)12-18(17)23-3/h4-6,8-10,12H,7,11H2,1-3H3. The molecule has 0 atom stereocenters. The molecule has 0 heterocycles. The second-order valence-corrected chi connectivity index (χ2v) is 5.51. The predicted molar refractivity (Wildman–Crippen MR) is 92.4 cm³/mol. The van der Waals surface area contributed by atoms with E-state index in [2.05, 4.69) is 0 Å². The average Bonchev–Trinajstić information content (AvgIpc) is 2.60. The van der Waals surface area contributed by atoms with Crippen molar-refractivity contribution >= 4 is 11.7 Å². The van der Waals surface area contributed by atoms with Crippen molar-refractivity contribution in [2.75, 3.05) is 26.1 Å². The van der Waals surface area contributed by atoms with Gasteiger partial charge in [-0.3, -0.25) is 4.79 Å². The summed E-state index contributed by atoms with van der Waals surface area (Å²) in [5.74, 6) is 0.358. The highest BCUT2D eigenvalue weighted by atomic mass is 16.6. The van der Waals surface area contributed by atoms with Crippen LogP contribution in [0.15, 0.2) is 42.5 Å². The molecule has 24 heavy (non-hydrogen) atoms. The summed E-state index contributed by atoms with van der Waals surface area (Å²) in [5, 5.41) is 8.88. The molecular weight excluding hydrogens is 304 g/mol. The number of ether oxygens (including phenoxy) is 2. The second-order valence-electron chi connectivity index (χ2n) is 5.51. The number of hydrogen-bond donors (Lipinski definition) is 0. The van der Waals surface area contributed by atoms with Gasteiger partial charge in [0.2, 0.25) is 0 Å². The number of hydrogen-bond acceptors (Lipinski definition) is 5. The Balaban J connectivity index is 1.95. The Morgan fingerprint density at radius 1 is 1.12 bits per heavy atom. The smallest absolute Gasteiger partial charge is 0.311 e. The van der Waals surface area contributed by atoms with E-state index in [1.54, 1.807) is 18.2 Å². The fraction of sp³-hybridized carbons (Fsp3) is 0.263. The number of methoxy groups -OCH3 is 1. The summed E-state index contributed by atoms with van der Waals surface area (Å²) in [6.07, 6.45) is 0.871. The summed E-state index contributed by atoms with van der Waals surface area (Å²) in [5.41, 5.74) is 2.64. The molecule has 0 radical (unpaired) electrons. The Bertz CT molecular complexity index is 746. The number of aryl methyl sites for hydroxylation is 1. The van der Waals surface area contributed by atoms with Crippen LogP contribution < -0.4 is 14.4 Å². The summed E-state index contributed by atoms with van der Waals surface area (Å²) in [7, 11) is 5.44. The maximum Gasteiger partial charge on any atom is 0.311 e. The molecular formula is C19H20N2O3. The third kappa shape index (κ3) is 4.50. The number of esters is 1. The topological polar surface area (TPSA) is 62.6 Å². The molecule has 5 heteroatoms. The molecule has 2 rings (SSSR count). The first-order chi connectivity index (χ1) is 11.5. The van der Waals surface area contributed by atoms with Crippen LogP contribution in [0.5, 0.6) is 11.5 Å². The molecule has 2 aromatic rings. The van der Waals surface area contributed by atoms with Crippen molar-refractivity contribution in [1.82, 2.24) is 0 Å². The van der Waals surface area contributed by atoms with Gasteiger partial charge in [0.25, 0.3) is 0 Å². The highest BCUT2D eigenvalue weighted by Crippen LogP contribution is 2.28. The van der Waals surface area contributed by atoms with Gasteiger partial charge >= 0.3 is 5.97 Å². The molecule has 0 spiro atoms. The molecule has 2 aromatic carbocycles. The first-order valence-electron chi connectivity index (χ1n) is 7.58. The van der Waals surface area contributed by atoms with Gasteiger partial charge < -0.3 is 14.4 Å². The van der Waals surface area contributed by atoms with E-state index in [4.69, 9.17) is 14.7 Å². The van der Waals surface area contributed by atoms with E-state index < -0.39 is 0 Å². The maximum absolute atomic E-state index is 12.0. The quantitative estimate of drug-likeness (QED) is 0.603. The van der Waals surface area contributed by atoms with Crippen LogP contribution in [0.4, 0.5) is 5.69 Å². The van der Waals surface area contributed by atoms with E-state index in [0.717, 1.165) is 11.3 Å². The van der Waals surface area contributed by atoms with Gasteiger partial charge in [0, 0.05) is 32.3 Å². The highest BCUT2D eigenvalue weighted by molar-refractivity contribution is 5.73. The predicted octanol–water partition coefficient (Wildman–Crippen LogP) is 3.17. The van der Waals surface area contributed by atoms with Crippen molar-refractivity contribution in [2.24, 2.45) is 0 Å². The minimum atomic E-state index is -0.338. The summed E-state index contributed by atoms with van der Waals surface area (Å²) in [4.78, 5) is 14.1. The van der Waals surface area contributed by atoms with Gasteiger partial charge in [0.15, 0.2) is 11.5 Å². The van der Waals surface area contributed by atoms with E-state index >= 15 is 0 Å². The van der Waals surface area contributed by atoms with E-state index in [1.807, 2.05) is 49.3 Å². The fourth-order valence-electron chi connectivity index (χ4n) is 2.20. The molecule has 0 N–H and O–H groups in total. The van der Waals surface area contributed by atoms with Crippen molar-refractivity contribution in [2.45, 2.75) is 12.8 Å². The largest absolute Gasteiger partial charge is 0.493 e. The van der Waals surface area contributed by atoms with Gasteiger partial charge in [-0.15, -0.1) is 0 Å². The Labute approximate surface area is 142 Å². The van der Waals surface area contributed by atoms with E-state index in [-0.39, 0.29) is 12.4 Å². The molecule has 0 aliphatic carbocycles. The van der Waals surface area contributed by atoms with Crippen molar-refractivity contribution in [1.29, 1.82) is 5.26 Å². The highest BCUT2D eigenvalue weighted by Gasteiger charge is 2.11. The van der Waals surface area contributed by atoms with E-state index in [1.165, 1.54) is 7.11 Å². The van der Waals surface area contributed by atoms with Crippen LogP contribution in [-0.2, 0) is 11.2 Å². The van der Waals surface area contributed by atoms with E-state index in [9.17, 15) is 4.79 Å². The lowest BCUT2D eigenvalue weighted by Crippen LogP contribution is -2.10. The monoisotopic (exact) mass is 324 g/mol. The number of rotatable bonds is 6. The number of carbonyl (C=O) groups excluding carboxylic acids is 1. The van der Waals surface area contributed by atoms with Crippen LogP contribution in [0.2, 0.25) is 0 Å². The molecule has 0 aliphatic rings. The Kier molecular flexibility index (Phi) is 5.80. The minimum absolute atomic E-state index is 0.268. The van der Waals surface area contributed by atoms with Crippen LogP contribution in [0.25, 0.3) is 0 Å². The van der Waals surface area contributed by atoms with Crippen LogP contribution in [-0.4, -0.2) is 27.2 Å². The molecule has 0 saturated carbocycles. The Morgan fingerprint density at radius 3 is 2.42 bits per heavy atom. The molecule has 0 saturated heterocycles. The molecule has 0 bridgehead atoms. The zero-order valence-corrected chi connectivity index (χ0v) is 14.1. The minimum Gasteiger partial charge on any atom is -0.493 e. The van der Waals surface area contributed by atoms with Gasteiger partial charge in [0.1, 0.15) is 0 Å². The van der Waals surface area contributed by atoms with Crippen LogP contribution in [0.1, 0.15) is 17.5 Å². The molecule has 5 nitrogen and oxygen atoms in total. The van der Waals surface area contributed by atoms with Crippen LogP contribution >= 0.6 is 0 Å². The van der Waals surface area contributed by atoms with Crippen molar-refractivity contribution in [3.63, 3.8) is 0 Å². The zero-order chi connectivity index (χ0) is 17.5. The third-order valence-corrected chi connectivity index (χ3v) is 3.59. The number of carbonyl (C=O) groups is 1. The second kappa shape index (κ2) is 8.02. The summed E-state index contributed by atoms with van der Waals surface area (Å²) in [6, 6.07) is 14.8. The fourth-order valence-corrected chi connectivity index (χ4v) is 2.20. The lowest BCUT2D eigenvalue weighted by molar-refractivity contribution is -0.134. The lowest BCUT2D eigenvalue weighted by atomic mass is 10.1. The summed E-state index contributed by atoms with van der Waals surface area (Å²) < 4.78 is 10.5. The van der Waals surface area contributed by atoms with Crippen molar-refractivity contribution in [3.05, 3.63) is 53.6 Å². The van der Waals surface area contributed by atoms with Gasteiger partial charge in [-0.1, -0.05) is 12.1 Å². The summed E-state index contributed by atoms with van der Waals surface area (Å²) >= 11 is 0. The third-order valence-electron chi connectivity index (χ3n) is 3.59. The van der Waals surface area contributed by atoms with Crippen molar-refractivity contribution < 1.29 is 14.3 Å².